The monoisotopic (exact) mass is 289 g/mol. The number of benzene rings is 1. The summed E-state index contributed by atoms with van der Waals surface area (Å²) >= 11 is 4.03. The van der Waals surface area contributed by atoms with Gasteiger partial charge in [0.25, 0.3) is 0 Å². The van der Waals surface area contributed by atoms with Crippen molar-refractivity contribution in [1.29, 1.82) is 5.26 Å². The fourth-order valence-electron chi connectivity index (χ4n) is 0.911. The van der Waals surface area contributed by atoms with Crippen LogP contribution in [0.3, 0.4) is 0 Å². The van der Waals surface area contributed by atoms with E-state index in [-0.39, 0.29) is 0 Å². The maximum atomic E-state index is 8.48. The zero-order valence-corrected chi connectivity index (χ0v) is 9.65. The summed E-state index contributed by atoms with van der Waals surface area (Å²) < 4.78 is 1.23. The quantitative estimate of drug-likeness (QED) is 0.617. The van der Waals surface area contributed by atoms with Gasteiger partial charge in [-0.25, -0.2) is 0 Å². The molecule has 0 aromatic heterocycles. The molecule has 62 valence electrons. The van der Waals surface area contributed by atoms with E-state index in [0.29, 0.717) is 6.42 Å². The number of thioether (sulfide) groups is 1. The van der Waals surface area contributed by atoms with Crippen LogP contribution in [0.5, 0.6) is 0 Å². The van der Waals surface area contributed by atoms with Crippen LogP contribution in [-0.2, 0) is 6.42 Å². The number of nitriles is 1. The van der Waals surface area contributed by atoms with E-state index < -0.39 is 0 Å². The molecule has 1 rings (SSSR count). The van der Waals surface area contributed by atoms with Gasteiger partial charge in [0, 0.05) is 8.47 Å². The minimum Gasteiger partial charge on any atom is -0.198 e. The van der Waals surface area contributed by atoms with E-state index in [9.17, 15) is 0 Å². The fourth-order valence-corrected chi connectivity index (χ4v) is 2.61. The lowest BCUT2D eigenvalue weighted by Crippen LogP contribution is -1.84. The van der Waals surface area contributed by atoms with E-state index >= 15 is 0 Å². The molecule has 12 heavy (non-hydrogen) atoms. The zero-order valence-electron chi connectivity index (χ0n) is 6.67. The predicted molar refractivity (Wildman–Crippen MR) is 60.3 cm³/mol. The molecule has 0 radical (unpaired) electrons. The Morgan fingerprint density at radius 3 is 2.83 bits per heavy atom. The SMILES string of the molecule is CSc1ccc(CC#N)cc1I. The zero-order chi connectivity index (χ0) is 8.97. The fraction of sp³-hybridized carbons (Fsp3) is 0.222. The molecule has 0 fully saturated rings. The third kappa shape index (κ3) is 2.39. The second-order valence-electron chi connectivity index (χ2n) is 2.30. The maximum absolute atomic E-state index is 8.48. The van der Waals surface area contributed by atoms with Crippen LogP contribution >= 0.6 is 34.4 Å². The van der Waals surface area contributed by atoms with Crippen LogP contribution < -0.4 is 0 Å². The Morgan fingerprint density at radius 2 is 2.33 bits per heavy atom. The van der Waals surface area contributed by atoms with Gasteiger partial charge in [-0.15, -0.1) is 11.8 Å². The summed E-state index contributed by atoms with van der Waals surface area (Å²) in [7, 11) is 0. The second kappa shape index (κ2) is 4.73. The minimum atomic E-state index is 0.505. The molecule has 1 nitrogen and oxygen atoms in total. The molecule has 0 saturated carbocycles. The van der Waals surface area contributed by atoms with Crippen LogP contribution in [0.15, 0.2) is 23.1 Å². The van der Waals surface area contributed by atoms with E-state index in [0.717, 1.165) is 5.56 Å². The lowest BCUT2D eigenvalue weighted by atomic mass is 10.2. The molecule has 0 aliphatic carbocycles. The lowest BCUT2D eigenvalue weighted by molar-refractivity contribution is 1.23. The molecule has 0 aliphatic heterocycles. The summed E-state index contributed by atoms with van der Waals surface area (Å²) in [5.41, 5.74) is 1.10. The van der Waals surface area contributed by atoms with E-state index in [1.165, 1.54) is 8.47 Å². The smallest absolute Gasteiger partial charge is 0.0669 e. The van der Waals surface area contributed by atoms with E-state index in [1.807, 2.05) is 6.07 Å². The number of halogens is 1. The van der Waals surface area contributed by atoms with Crippen LogP contribution in [0.25, 0.3) is 0 Å². The van der Waals surface area contributed by atoms with E-state index in [1.54, 1.807) is 11.8 Å². The first-order valence-electron chi connectivity index (χ1n) is 3.47. The summed E-state index contributed by atoms with van der Waals surface area (Å²) in [6.07, 6.45) is 2.56. The Morgan fingerprint density at radius 1 is 1.58 bits per heavy atom. The molecule has 0 heterocycles. The topological polar surface area (TPSA) is 23.8 Å². The standard InChI is InChI=1S/C9H8INS/c1-12-9-3-2-7(4-5-11)6-8(9)10/h2-3,6H,4H2,1H3. The van der Waals surface area contributed by atoms with Crippen molar-refractivity contribution in [2.24, 2.45) is 0 Å². The predicted octanol–water partition coefficient (Wildman–Crippen LogP) is 3.08. The van der Waals surface area contributed by atoms with Crippen LogP contribution in [-0.4, -0.2) is 6.26 Å². The van der Waals surface area contributed by atoms with Gasteiger partial charge in [-0.2, -0.15) is 5.26 Å². The van der Waals surface area contributed by atoms with Gasteiger partial charge in [0.15, 0.2) is 0 Å². The van der Waals surface area contributed by atoms with Crippen molar-refractivity contribution in [1.82, 2.24) is 0 Å². The summed E-state index contributed by atoms with van der Waals surface area (Å²) in [6.45, 7) is 0. The molecule has 0 spiro atoms. The molecule has 1 aromatic carbocycles. The van der Waals surface area contributed by atoms with Crippen molar-refractivity contribution in [2.75, 3.05) is 6.26 Å². The molecule has 0 aliphatic rings. The lowest BCUT2D eigenvalue weighted by Gasteiger charge is -2.01. The van der Waals surface area contributed by atoms with Crippen LogP contribution in [0.4, 0.5) is 0 Å². The van der Waals surface area contributed by atoms with E-state index in [2.05, 4.69) is 47.0 Å². The van der Waals surface area contributed by atoms with Gasteiger partial charge >= 0.3 is 0 Å². The molecule has 0 amide bonds. The minimum absolute atomic E-state index is 0.505. The average molecular weight is 289 g/mol. The highest BCUT2D eigenvalue weighted by atomic mass is 127. The summed E-state index contributed by atoms with van der Waals surface area (Å²) in [5.74, 6) is 0. The van der Waals surface area contributed by atoms with Crippen molar-refractivity contribution in [3.8, 4) is 6.07 Å². The third-order valence-electron chi connectivity index (χ3n) is 1.50. The molecule has 3 heteroatoms. The van der Waals surface area contributed by atoms with Crippen LogP contribution in [0.2, 0.25) is 0 Å². The molecule has 0 atom stereocenters. The van der Waals surface area contributed by atoms with Crippen molar-refractivity contribution in [2.45, 2.75) is 11.3 Å². The second-order valence-corrected chi connectivity index (χ2v) is 4.31. The van der Waals surface area contributed by atoms with Crippen LogP contribution in [0, 0.1) is 14.9 Å². The van der Waals surface area contributed by atoms with Crippen molar-refractivity contribution < 1.29 is 0 Å². The van der Waals surface area contributed by atoms with Crippen molar-refractivity contribution in [3.63, 3.8) is 0 Å². The molecule has 0 unspecified atom stereocenters. The molecule has 1 aromatic rings. The highest BCUT2D eigenvalue weighted by Gasteiger charge is 1.98. The Labute approximate surface area is 90.3 Å². The normalized spacial score (nSPS) is 9.42. The first kappa shape index (κ1) is 9.87. The number of hydrogen-bond donors (Lipinski definition) is 0. The van der Waals surface area contributed by atoms with Crippen LogP contribution in [0.1, 0.15) is 5.56 Å². The van der Waals surface area contributed by atoms with E-state index in [4.69, 9.17) is 5.26 Å². The number of hydrogen-bond acceptors (Lipinski definition) is 2. The average Bonchev–Trinajstić information content (AvgIpc) is 2.05. The molecular weight excluding hydrogens is 281 g/mol. The van der Waals surface area contributed by atoms with Crippen molar-refractivity contribution >= 4 is 34.4 Å². The molecule has 0 bridgehead atoms. The Kier molecular flexibility index (Phi) is 3.89. The van der Waals surface area contributed by atoms with Gasteiger partial charge in [-0.3, -0.25) is 0 Å². The number of nitrogens with zero attached hydrogens (tertiary/aromatic N) is 1. The Hall–Kier alpha value is -0.210. The number of rotatable bonds is 2. The highest BCUT2D eigenvalue weighted by Crippen LogP contribution is 2.23. The molecular formula is C9H8INS. The third-order valence-corrected chi connectivity index (χ3v) is 3.55. The van der Waals surface area contributed by atoms with Gasteiger partial charge < -0.3 is 0 Å². The summed E-state index contributed by atoms with van der Waals surface area (Å²) in [5, 5.41) is 8.48. The Bertz CT molecular complexity index is 317. The summed E-state index contributed by atoms with van der Waals surface area (Å²) in [6, 6.07) is 8.28. The molecule has 0 N–H and O–H groups in total. The maximum Gasteiger partial charge on any atom is 0.0669 e. The van der Waals surface area contributed by atoms with Crippen molar-refractivity contribution in [3.05, 3.63) is 27.3 Å². The first-order chi connectivity index (χ1) is 5.77. The first-order valence-corrected chi connectivity index (χ1v) is 5.77. The highest BCUT2D eigenvalue weighted by molar-refractivity contribution is 14.1. The Balaban J connectivity index is 2.95. The van der Waals surface area contributed by atoms with Gasteiger partial charge in [-0.1, -0.05) is 6.07 Å². The summed E-state index contributed by atoms with van der Waals surface area (Å²) in [4.78, 5) is 1.28. The van der Waals surface area contributed by atoms with Gasteiger partial charge in [0.2, 0.25) is 0 Å². The van der Waals surface area contributed by atoms with Gasteiger partial charge in [0.1, 0.15) is 0 Å². The van der Waals surface area contributed by atoms with Gasteiger partial charge in [-0.05, 0) is 46.5 Å². The van der Waals surface area contributed by atoms with Gasteiger partial charge in [0.05, 0.1) is 12.5 Å². The molecule has 0 saturated heterocycles. The largest absolute Gasteiger partial charge is 0.198 e.